The predicted molar refractivity (Wildman–Crippen MR) is 54.8 cm³/mol. The Morgan fingerprint density at radius 1 is 1.40 bits per heavy atom. The molecule has 0 spiro atoms. The molecule has 1 atom stereocenters. The molecule has 0 fully saturated rings. The van der Waals surface area contributed by atoms with E-state index in [0.717, 1.165) is 12.1 Å². The van der Waals surface area contributed by atoms with E-state index in [1.165, 1.54) is 23.9 Å². The number of rotatable bonds is 3. The molecular formula is C10H11F3OS. The number of aliphatic hydroxyl groups is 1. The third-order valence-corrected chi connectivity index (χ3v) is 2.57. The molecule has 84 valence electrons. The van der Waals surface area contributed by atoms with Crippen LogP contribution in [0.2, 0.25) is 0 Å². The van der Waals surface area contributed by atoms with Gasteiger partial charge in [0.15, 0.2) is 0 Å². The molecule has 0 aliphatic heterocycles. The van der Waals surface area contributed by atoms with Gasteiger partial charge in [-0.05, 0) is 24.0 Å². The molecule has 5 heteroatoms. The minimum Gasteiger partial charge on any atom is -0.388 e. The monoisotopic (exact) mass is 236 g/mol. The summed E-state index contributed by atoms with van der Waals surface area (Å²) in [6.45, 7) is 0. The van der Waals surface area contributed by atoms with Gasteiger partial charge >= 0.3 is 6.18 Å². The molecule has 1 aromatic carbocycles. The summed E-state index contributed by atoms with van der Waals surface area (Å²) >= 11 is 1.39. The summed E-state index contributed by atoms with van der Waals surface area (Å²) < 4.78 is 37.0. The maximum atomic E-state index is 12.3. The number of aliphatic hydroxyl groups excluding tert-OH is 1. The summed E-state index contributed by atoms with van der Waals surface area (Å²) in [5.74, 6) is 0.390. The highest BCUT2D eigenvalue weighted by Gasteiger charge is 2.30. The second-order valence-corrected chi connectivity index (χ2v) is 4.01. The van der Waals surface area contributed by atoms with Gasteiger partial charge in [0.1, 0.15) is 0 Å². The lowest BCUT2D eigenvalue weighted by Crippen LogP contribution is -2.07. The lowest BCUT2D eigenvalue weighted by atomic mass is 10.1. The van der Waals surface area contributed by atoms with Crippen LogP contribution in [0.4, 0.5) is 13.2 Å². The molecule has 0 heterocycles. The highest BCUT2D eigenvalue weighted by molar-refractivity contribution is 7.98. The zero-order valence-electron chi connectivity index (χ0n) is 8.08. The molecule has 0 saturated heterocycles. The quantitative estimate of drug-likeness (QED) is 0.870. The minimum atomic E-state index is -4.35. The van der Waals surface area contributed by atoms with E-state index < -0.39 is 17.8 Å². The van der Waals surface area contributed by atoms with Crippen molar-refractivity contribution in [2.24, 2.45) is 0 Å². The third kappa shape index (κ3) is 3.43. The van der Waals surface area contributed by atoms with Crippen molar-refractivity contribution in [2.75, 3.05) is 12.0 Å². The Hall–Kier alpha value is -0.680. The Morgan fingerprint density at radius 2 is 2.07 bits per heavy atom. The lowest BCUT2D eigenvalue weighted by molar-refractivity contribution is -0.137. The Balaban J connectivity index is 2.92. The average Bonchev–Trinajstić information content (AvgIpc) is 2.17. The molecule has 0 amide bonds. The summed E-state index contributed by atoms with van der Waals surface area (Å²) in [5, 5.41) is 9.52. The zero-order valence-corrected chi connectivity index (χ0v) is 8.90. The molecular weight excluding hydrogens is 225 g/mol. The number of thioether (sulfide) groups is 1. The van der Waals surface area contributed by atoms with E-state index >= 15 is 0 Å². The van der Waals surface area contributed by atoms with Gasteiger partial charge in [-0.1, -0.05) is 12.1 Å². The maximum Gasteiger partial charge on any atom is 0.416 e. The van der Waals surface area contributed by atoms with Gasteiger partial charge in [0, 0.05) is 5.75 Å². The van der Waals surface area contributed by atoms with Crippen molar-refractivity contribution < 1.29 is 18.3 Å². The highest BCUT2D eigenvalue weighted by Crippen LogP contribution is 2.31. The molecule has 0 bridgehead atoms. The first-order valence-electron chi connectivity index (χ1n) is 4.29. The number of benzene rings is 1. The van der Waals surface area contributed by atoms with Crippen LogP contribution in [-0.4, -0.2) is 17.1 Å². The normalized spacial score (nSPS) is 13.9. The first kappa shape index (κ1) is 12.4. The predicted octanol–water partition coefficient (Wildman–Crippen LogP) is 3.10. The first-order valence-corrected chi connectivity index (χ1v) is 5.68. The summed E-state index contributed by atoms with van der Waals surface area (Å²) in [4.78, 5) is 0. The number of hydrogen-bond donors (Lipinski definition) is 1. The topological polar surface area (TPSA) is 20.2 Å². The minimum absolute atomic E-state index is 0.305. The Bertz CT molecular complexity index is 325. The summed E-state index contributed by atoms with van der Waals surface area (Å²) in [7, 11) is 0. The summed E-state index contributed by atoms with van der Waals surface area (Å²) in [6.07, 6.45) is -3.41. The second kappa shape index (κ2) is 4.90. The lowest BCUT2D eigenvalue weighted by Gasteiger charge is -2.12. The molecule has 15 heavy (non-hydrogen) atoms. The van der Waals surface area contributed by atoms with Gasteiger partial charge in [0.2, 0.25) is 0 Å². The van der Waals surface area contributed by atoms with E-state index in [0.29, 0.717) is 11.3 Å². The van der Waals surface area contributed by atoms with Gasteiger partial charge in [0.05, 0.1) is 11.7 Å². The van der Waals surface area contributed by atoms with Crippen LogP contribution in [0, 0.1) is 0 Å². The Morgan fingerprint density at radius 3 is 2.60 bits per heavy atom. The molecule has 1 unspecified atom stereocenters. The molecule has 1 rings (SSSR count). The average molecular weight is 236 g/mol. The summed E-state index contributed by atoms with van der Waals surface area (Å²) in [6, 6.07) is 4.79. The van der Waals surface area contributed by atoms with Crippen LogP contribution in [0.5, 0.6) is 0 Å². The molecule has 0 aliphatic carbocycles. The van der Waals surface area contributed by atoms with Crippen LogP contribution in [-0.2, 0) is 6.18 Å². The largest absolute Gasteiger partial charge is 0.416 e. The molecule has 1 nitrogen and oxygen atoms in total. The number of halogens is 3. The van der Waals surface area contributed by atoms with Gasteiger partial charge < -0.3 is 5.11 Å². The maximum absolute atomic E-state index is 12.3. The van der Waals surface area contributed by atoms with Crippen molar-refractivity contribution in [3.05, 3.63) is 35.4 Å². The number of alkyl halides is 3. The van der Waals surface area contributed by atoms with Crippen LogP contribution in [0.15, 0.2) is 24.3 Å². The fourth-order valence-corrected chi connectivity index (χ4v) is 1.68. The number of hydrogen-bond acceptors (Lipinski definition) is 2. The van der Waals surface area contributed by atoms with E-state index in [4.69, 9.17) is 0 Å². The van der Waals surface area contributed by atoms with E-state index in [1.54, 1.807) is 6.26 Å². The van der Waals surface area contributed by atoms with Crippen molar-refractivity contribution in [3.63, 3.8) is 0 Å². The van der Waals surface area contributed by atoms with Crippen LogP contribution in [0.1, 0.15) is 17.2 Å². The Kier molecular flexibility index (Phi) is 4.04. The zero-order chi connectivity index (χ0) is 11.5. The van der Waals surface area contributed by atoms with E-state index in [-0.39, 0.29) is 0 Å². The Labute approximate surface area is 90.3 Å². The van der Waals surface area contributed by atoms with Crippen molar-refractivity contribution in [1.29, 1.82) is 0 Å². The van der Waals surface area contributed by atoms with Gasteiger partial charge in [-0.3, -0.25) is 0 Å². The van der Waals surface area contributed by atoms with Gasteiger partial charge in [-0.25, -0.2) is 0 Å². The van der Waals surface area contributed by atoms with E-state index in [2.05, 4.69) is 0 Å². The van der Waals surface area contributed by atoms with Crippen molar-refractivity contribution in [3.8, 4) is 0 Å². The molecule has 0 saturated carbocycles. The van der Waals surface area contributed by atoms with E-state index in [1.807, 2.05) is 0 Å². The van der Waals surface area contributed by atoms with Crippen molar-refractivity contribution in [1.82, 2.24) is 0 Å². The third-order valence-electron chi connectivity index (χ3n) is 1.92. The smallest absolute Gasteiger partial charge is 0.388 e. The van der Waals surface area contributed by atoms with Gasteiger partial charge in [0.25, 0.3) is 0 Å². The molecule has 0 radical (unpaired) electrons. The van der Waals surface area contributed by atoms with Crippen LogP contribution in [0.25, 0.3) is 0 Å². The van der Waals surface area contributed by atoms with Gasteiger partial charge in [-0.15, -0.1) is 0 Å². The van der Waals surface area contributed by atoms with Gasteiger partial charge in [-0.2, -0.15) is 24.9 Å². The van der Waals surface area contributed by atoms with Crippen LogP contribution >= 0.6 is 11.8 Å². The standard InChI is InChI=1S/C10H11F3OS/c1-15-6-9(14)7-3-2-4-8(5-7)10(11,12)13/h2-5,9,14H,6H2,1H3. The molecule has 1 N–H and O–H groups in total. The second-order valence-electron chi connectivity index (χ2n) is 3.09. The van der Waals surface area contributed by atoms with Crippen LogP contribution < -0.4 is 0 Å². The van der Waals surface area contributed by atoms with Crippen LogP contribution in [0.3, 0.4) is 0 Å². The fraction of sp³-hybridized carbons (Fsp3) is 0.400. The summed E-state index contributed by atoms with van der Waals surface area (Å²) in [5.41, 5.74) is -0.417. The molecule has 1 aromatic rings. The van der Waals surface area contributed by atoms with E-state index in [9.17, 15) is 18.3 Å². The highest BCUT2D eigenvalue weighted by atomic mass is 32.2. The van der Waals surface area contributed by atoms with Crippen molar-refractivity contribution >= 4 is 11.8 Å². The molecule has 0 aliphatic rings. The molecule has 0 aromatic heterocycles. The fourth-order valence-electron chi connectivity index (χ4n) is 1.18. The first-order chi connectivity index (χ1) is 6.95. The van der Waals surface area contributed by atoms with Crippen molar-refractivity contribution in [2.45, 2.75) is 12.3 Å². The SMILES string of the molecule is CSCC(O)c1cccc(C(F)(F)F)c1.